The Morgan fingerprint density at radius 3 is 2.72 bits per heavy atom. The van der Waals surface area contributed by atoms with Crippen molar-refractivity contribution in [3.63, 3.8) is 0 Å². The molecule has 1 atom stereocenters. The third-order valence-corrected chi connectivity index (χ3v) is 3.18. The number of aromatic hydroxyl groups is 2. The average Bonchev–Trinajstić information content (AvgIpc) is 2.57. The molecule has 2 rings (SSSR count). The van der Waals surface area contributed by atoms with Crippen molar-refractivity contribution in [1.29, 1.82) is 0 Å². The molecular weight excluding hydrogens is 234 g/mol. The van der Waals surface area contributed by atoms with E-state index in [-0.39, 0.29) is 29.4 Å². The van der Waals surface area contributed by atoms with Crippen molar-refractivity contribution in [2.24, 2.45) is 0 Å². The first-order valence-electron chi connectivity index (χ1n) is 5.87. The van der Waals surface area contributed by atoms with Crippen molar-refractivity contribution in [3.8, 4) is 11.5 Å². The quantitative estimate of drug-likeness (QED) is 0.690. The van der Waals surface area contributed by atoms with Gasteiger partial charge in [-0.05, 0) is 25.5 Å². The van der Waals surface area contributed by atoms with Crippen LogP contribution < -0.4 is 0 Å². The van der Waals surface area contributed by atoms with Crippen LogP contribution in [0.4, 0.5) is 0 Å². The van der Waals surface area contributed by atoms with Crippen LogP contribution in [0.15, 0.2) is 18.2 Å². The molecule has 0 saturated carbocycles. The van der Waals surface area contributed by atoms with Gasteiger partial charge in [0.1, 0.15) is 11.5 Å². The van der Waals surface area contributed by atoms with E-state index in [9.17, 15) is 15.0 Å². The molecule has 5 nitrogen and oxygen atoms in total. The first-order valence-corrected chi connectivity index (χ1v) is 5.87. The molecular formula is C13H17NO4. The van der Waals surface area contributed by atoms with Crippen molar-refractivity contribution in [1.82, 2.24) is 4.90 Å². The number of β-amino-alcohol motifs (C(OH)–C–C–N with tert-alkyl or cyclic N) is 1. The molecule has 3 N–H and O–H groups in total. The van der Waals surface area contributed by atoms with Gasteiger partial charge in [-0.3, -0.25) is 9.69 Å². The van der Waals surface area contributed by atoms with Crippen molar-refractivity contribution in [3.05, 3.63) is 23.8 Å². The number of Topliss-reactive ketones (excluding diaryl/α,β-unsaturated/α-hetero) is 1. The Balaban J connectivity index is 2.04. The summed E-state index contributed by atoms with van der Waals surface area (Å²) in [5, 5.41) is 28.6. The molecule has 0 aliphatic carbocycles. The second-order valence-electron chi connectivity index (χ2n) is 5.08. The van der Waals surface area contributed by atoms with Crippen LogP contribution in [0.1, 0.15) is 23.7 Å². The zero-order valence-electron chi connectivity index (χ0n) is 10.3. The Morgan fingerprint density at radius 1 is 1.44 bits per heavy atom. The van der Waals surface area contributed by atoms with Crippen molar-refractivity contribution in [2.45, 2.75) is 18.9 Å². The Labute approximate surface area is 105 Å². The minimum Gasteiger partial charge on any atom is -0.508 e. The number of hydrogen-bond donors (Lipinski definition) is 3. The van der Waals surface area contributed by atoms with E-state index in [0.29, 0.717) is 19.5 Å². The van der Waals surface area contributed by atoms with E-state index in [1.54, 1.807) is 6.92 Å². The lowest BCUT2D eigenvalue weighted by Crippen LogP contribution is -2.33. The number of phenolic OH excluding ortho intramolecular Hbond substituents is 2. The maximum absolute atomic E-state index is 12.0. The van der Waals surface area contributed by atoms with Gasteiger partial charge in [0.2, 0.25) is 0 Å². The van der Waals surface area contributed by atoms with E-state index >= 15 is 0 Å². The third kappa shape index (κ3) is 2.80. The largest absolute Gasteiger partial charge is 0.508 e. The molecule has 1 aliphatic heterocycles. The summed E-state index contributed by atoms with van der Waals surface area (Å²) in [7, 11) is 0. The predicted octanol–water partition coefficient (Wildman–Crippen LogP) is 0.737. The highest BCUT2D eigenvalue weighted by atomic mass is 16.3. The van der Waals surface area contributed by atoms with Crippen LogP contribution in [-0.2, 0) is 0 Å². The standard InChI is InChI=1S/C13H17NO4/c1-13(18)4-5-14(8-13)7-12(17)10-3-2-9(15)6-11(10)16/h2-3,6,15-16,18H,4-5,7-8H2,1H3. The van der Waals surface area contributed by atoms with E-state index in [1.165, 1.54) is 12.1 Å². The zero-order chi connectivity index (χ0) is 13.3. The minimum atomic E-state index is -0.739. The number of benzene rings is 1. The molecule has 0 radical (unpaired) electrons. The lowest BCUT2D eigenvalue weighted by Gasteiger charge is -2.18. The molecule has 1 heterocycles. The Morgan fingerprint density at radius 2 is 2.17 bits per heavy atom. The fourth-order valence-electron chi connectivity index (χ4n) is 2.22. The van der Waals surface area contributed by atoms with E-state index in [1.807, 2.05) is 4.90 Å². The van der Waals surface area contributed by atoms with Gasteiger partial charge in [0.25, 0.3) is 0 Å². The molecule has 98 valence electrons. The topological polar surface area (TPSA) is 81.0 Å². The fourth-order valence-corrected chi connectivity index (χ4v) is 2.22. The number of rotatable bonds is 3. The van der Waals surface area contributed by atoms with Crippen LogP contribution in [-0.4, -0.2) is 51.2 Å². The molecule has 1 aromatic carbocycles. The smallest absolute Gasteiger partial charge is 0.180 e. The maximum Gasteiger partial charge on any atom is 0.180 e. The molecule has 5 heteroatoms. The molecule has 1 unspecified atom stereocenters. The Hall–Kier alpha value is -1.59. The molecule has 1 saturated heterocycles. The van der Waals surface area contributed by atoms with E-state index in [4.69, 9.17) is 5.11 Å². The summed E-state index contributed by atoms with van der Waals surface area (Å²) in [6.45, 7) is 3.03. The van der Waals surface area contributed by atoms with Gasteiger partial charge in [-0.15, -0.1) is 0 Å². The van der Waals surface area contributed by atoms with E-state index in [2.05, 4.69) is 0 Å². The maximum atomic E-state index is 12.0. The van der Waals surface area contributed by atoms with Crippen LogP contribution in [0, 0.1) is 0 Å². The summed E-state index contributed by atoms with van der Waals surface area (Å²) >= 11 is 0. The van der Waals surface area contributed by atoms with Gasteiger partial charge in [0.05, 0.1) is 17.7 Å². The van der Waals surface area contributed by atoms with E-state index in [0.717, 1.165) is 6.07 Å². The molecule has 0 bridgehead atoms. The summed E-state index contributed by atoms with van der Waals surface area (Å²) in [5.41, 5.74) is -0.545. The first kappa shape index (κ1) is 12.9. The van der Waals surface area contributed by atoms with Gasteiger partial charge in [-0.2, -0.15) is 0 Å². The van der Waals surface area contributed by atoms with Gasteiger partial charge >= 0.3 is 0 Å². The van der Waals surface area contributed by atoms with Gasteiger partial charge in [0, 0.05) is 19.2 Å². The van der Waals surface area contributed by atoms with Crippen molar-refractivity contribution < 1.29 is 20.1 Å². The molecule has 18 heavy (non-hydrogen) atoms. The second kappa shape index (κ2) is 4.59. The summed E-state index contributed by atoms with van der Waals surface area (Å²) in [4.78, 5) is 13.8. The van der Waals surface area contributed by atoms with Crippen LogP contribution >= 0.6 is 0 Å². The zero-order valence-corrected chi connectivity index (χ0v) is 10.3. The van der Waals surface area contributed by atoms with E-state index < -0.39 is 5.60 Å². The summed E-state index contributed by atoms with van der Waals surface area (Å²) in [6.07, 6.45) is 0.641. The number of carbonyl (C=O) groups excluding carboxylic acids is 1. The predicted molar refractivity (Wildman–Crippen MR) is 65.8 cm³/mol. The third-order valence-electron chi connectivity index (χ3n) is 3.18. The number of ketones is 1. The highest BCUT2D eigenvalue weighted by molar-refractivity contribution is 6.00. The Kier molecular flexibility index (Phi) is 3.28. The number of hydrogen-bond acceptors (Lipinski definition) is 5. The van der Waals surface area contributed by atoms with Crippen LogP contribution in [0.2, 0.25) is 0 Å². The monoisotopic (exact) mass is 251 g/mol. The molecule has 1 aliphatic rings. The van der Waals surface area contributed by atoms with Crippen LogP contribution in [0.25, 0.3) is 0 Å². The number of carbonyl (C=O) groups is 1. The fraction of sp³-hybridized carbons (Fsp3) is 0.462. The molecule has 1 aromatic rings. The minimum absolute atomic E-state index is 0.0758. The lowest BCUT2D eigenvalue weighted by molar-refractivity contribution is 0.0669. The average molecular weight is 251 g/mol. The number of phenols is 2. The van der Waals surface area contributed by atoms with Crippen LogP contribution in [0.5, 0.6) is 11.5 Å². The lowest BCUT2D eigenvalue weighted by atomic mass is 10.1. The van der Waals surface area contributed by atoms with Gasteiger partial charge in [-0.1, -0.05) is 0 Å². The number of nitrogens with zero attached hydrogens (tertiary/aromatic N) is 1. The normalized spacial score (nSPS) is 24.3. The molecule has 0 aromatic heterocycles. The van der Waals surface area contributed by atoms with Crippen LogP contribution in [0.3, 0.4) is 0 Å². The van der Waals surface area contributed by atoms with Gasteiger partial charge in [-0.25, -0.2) is 0 Å². The summed E-state index contributed by atoms with van der Waals surface area (Å²) in [5.74, 6) is -0.510. The molecule has 0 amide bonds. The van der Waals surface area contributed by atoms with Crippen molar-refractivity contribution >= 4 is 5.78 Å². The summed E-state index contributed by atoms with van der Waals surface area (Å²) < 4.78 is 0. The number of likely N-dealkylation sites (tertiary alicyclic amines) is 1. The SMILES string of the molecule is CC1(O)CCN(CC(=O)c2ccc(O)cc2O)C1. The highest BCUT2D eigenvalue weighted by Crippen LogP contribution is 2.25. The van der Waals surface area contributed by atoms with Gasteiger partial charge < -0.3 is 15.3 Å². The molecule has 1 fully saturated rings. The van der Waals surface area contributed by atoms with Crippen molar-refractivity contribution in [2.75, 3.05) is 19.6 Å². The number of aliphatic hydroxyl groups is 1. The second-order valence-corrected chi connectivity index (χ2v) is 5.08. The summed E-state index contributed by atoms with van der Waals surface area (Å²) in [6, 6.07) is 3.92. The highest BCUT2D eigenvalue weighted by Gasteiger charge is 2.32. The Bertz CT molecular complexity index is 470. The molecule has 0 spiro atoms. The van der Waals surface area contributed by atoms with Gasteiger partial charge in [0.15, 0.2) is 5.78 Å². The first-order chi connectivity index (χ1) is 8.37.